The van der Waals surface area contributed by atoms with Crippen molar-refractivity contribution in [1.82, 2.24) is 35.1 Å². The molecule has 0 saturated carbocycles. The molecule has 1 aliphatic heterocycles. The summed E-state index contributed by atoms with van der Waals surface area (Å²) in [5.41, 5.74) is 2.58. The molecule has 9 heteroatoms. The van der Waals surface area contributed by atoms with Gasteiger partial charge in [0.2, 0.25) is 5.91 Å². The molecule has 4 rings (SSSR count). The van der Waals surface area contributed by atoms with Crippen LogP contribution in [0.25, 0.3) is 5.69 Å². The lowest BCUT2D eigenvalue weighted by Gasteiger charge is -2.16. The number of aliphatic hydroxyl groups excluding tert-OH is 1. The van der Waals surface area contributed by atoms with Gasteiger partial charge in [-0.15, -0.1) is 5.10 Å². The van der Waals surface area contributed by atoms with E-state index in [4.69, 9.17) is 0 Å². The average Bonchev–Trinajstić information content (AvgIpc) is 3.29. The number of hydrogen-bond acceptors (Lipinski definition) is 7. The number of amides is 1. The fourth-order valence-corrected chi connectivity index (χ4v) is 3.47. The molecule has 1 N–H and O–H groups in total. The quantitative estimate of drug-likeness (QED) is 0.682. The first kappa shape index (κ1) is 18.2. The lowest BCUT2D eigenvalue weighted by atomic mass is 10.0. The molecule has 3 aromatic rings. The van der Waals surface area contributed by atoms with Gasteiger partial charge in [-0.25, -0.2) is 0 Å². The van der Waals surface area contributed by atoms with Crippen LogP contribution in [-0.2, 0) is 17.6 Å². The van der Waals surface area contributed by atoms with Crippen molar-refractivity contribution in [3.8, 4) is 5.69 Å². The third kappa shape index (κ3) is 3.89. The second-order valence-electron chi connectivity index (χ2n) is 7.01. The van der Waals surface area contributed by atoms with Gasteiger partial charge in [-0.05, 0) is 41.5 Å². The lowest BCUT2D eigenvalue weighted by Crippen LogP contribution is -2.31. The van der Waals surface area contributed by atoms with E-state index in [1.165, 1.54) is 0 Å². The number of hydrogen-bond donors (Lipinski definition) is 1. The number of aliphatic hydroxyl groups is 1. The Hall–Kier alpha value is -3.20. The highest BCUT2D eigenvalue weighted by atomic mass is 16.3. The summed E-state index contributed by atoms with van der Waals surface area (Å²) in [6.07, 6.45) is 5.32. The van der Waals surface area contributed by atoms with Gasteiger partial charge in [0.15, 0.2) is 5.82 Å². The Balaban J connectivity index is 1.37. The van der Waals surface area contributed by atoms with Crippen molar-refractivity contribution >= 4 is 5.91 Å². The minimum absolute atomic E-state index is 0.00653. The van der Waals surface area contributed by atoms with E-state index in [-0.39, 0.29) is 11.8 Å². The van der Waals surface area contributed by atoms with Gasteiger partial charge in [-0.3, -0.25) is 14.8 Å². The Morgan fingerprint density at radius 2 is 2.04 bits per heavy atom. The number of aryl methyl sites for hydroxylation is 1. The topological polar surface area (TPSA) is 110 Å². The minimum Gasteiger partial charge on any atom is -0.391 e. The lowest BCUT2D eigenvalue weighted by molar-refractivity contribution is -0.129. The molecule has 0 bridgehead atoms. The van der Waals surface area contributed by atoms with E-state index < -0.39 is 6.10 Å². The smallest absolute Gasteiger partial charge is 0.227 e. The molecule has 2 aromatic heterocycles. The predicted molar refractivity (Wildman–Crippen MR) is 99.4 cm³/mol. The Labute approximate surface area is 162 Å². The van der Waals surface area contributed by atoms with Crippen LogP contribution >= 0.6 is 0 Å². The molecule has 0 radical (unpaired) electrons. The normalized spacial score (nSPS) is 19.1. The van der Waals surface area contributed by atoms with Gasteiger partial charge in [0, 0.05) is 37.6 Å². The summed E-state index contributed by atoms with van der Waals surface area (Å²) >= 11 is 0. The Morgan fingerprint density at radius 3 is 2.71 bits per heavy atom. The van der Waals surface area contributed by atoms with Crippen molar-refractivity contribution in [2.45, 2.75) is 25.9 Å². The molecular formula is C19H21N7O2. The predicted octanol–water partition coefficient (Wildman–Crippen LogP) is 0.365. The zero-order valence-electron chi connectivity index (χ0n) is 15.5. The van der Waals surface area contributed by atoms with E-state index in [0.29, 0.717) is 31.8 Å². The molecule has 1 aliphatic rings. The summed E-state index contributed by atoms with van der Waals surface area (Å²) in [6.45, 7) is 2.71. The van der Waals surface area contributed by atoms with E-state index in [9.17, 15) is 9.90 Å². The molecule has 2 atom stereocenters. The molecule has 0 unspecified atom stereocenters. The summed E-state index contributed by atoms with van der Waals surface area (Å²) in [6, 6.07) is 7.58. The molecule has 1 amide bonds. The molecule has 9 nitrogen and oxygen atoms in total. The van der Waals surface area contributed by atoms with Crippen LogP contribution in [0.1, 0.15) is 17.1 Å². The number of nitrogens with zero attached hydrogens (tertiary/aromatic N) is 7. The van der Waals surface area contributed by atoms with Crippen molar-refractivity contribution in [2.24, 2.45) is 5.92 Å². The number of β-amino-alcohol motifs (C(OH)–C–C–N with tert-alkyl or cyclic N) is 1. The van der Waals surface area contributed by atoms with Gasteiger partial charge in [0.25, 0.3) is 0 Å². The number of carbonyl (C=O) groups is 1. The number of likely N-dealkylation sites (tertiary alicyclic amines) is 1. The number of carbonyl (C=O) groups excluding carboxylic acids is 1. The van der Waals surface area contributed by atoms with E-state index >= 15 is 0 Å². The molecule has 0 aliphatic carbocycles. The van der Waals surface area contributed by atoms with Crippen LogP contribution in [0, 0.1) is 12.8 Å². The second kappa shape index (κ2) is 7.81. The van der Waals surface area contributed by atoms with Gasteiger partial charge in [0.1, 0.15) is 0 Å². The summed E-state index contributed by atoms with van der Waals surface area (Å²) in [5, 5.41) is 21.8. The first-order valence-electron chi connectivity index (χ1n) is 9.15. The number of tetrazole rings is 1. The summed E-state index contributed by atoms with van der Waals surface area (Å²) in [5.74, 6) is 0.682. The summed E-state index contributed by atoms with van der Waals surface area (Å²) in [7, 11) is 0. The van der Waals surface area contributed by atoms with E-state index in [1.807, 2.05) is 31.2 Å². The van der Waals surface area contributed by atoms with Gasteiger partial charge in [-0.2, -0.15) is 4.68 Å². The van der Waals surface area contributed by atoms with Crippen LogP contribution in [0.3, 0.4) is 0 Å². The molecular weight excluding hydrogens is 358 g/mol. The standard InChI is InChI=1S/C19H21N7O2/c1-13-22-23-24-26(13)17-4-2-14(3-5-17)8-19(28)25-11-15(18(27)12-25)9-16-10-20-6-7-21-16/h2-7,10,15,18,27H,8-9,11-12H2,1H3/t15-,18-/m1/s1. The summed E-state index contributed by atoms with van der Waals surface area (Å²) < 4.78 is 1.64. The van der Waals surface area contributed by atoms with Crippen molar-refractivity contribution in [3.05, 3.63) is 59.9 Å². The zero-order valence-corrected chi connectivity index (χ0v) is 15.5. The highest BCUT2D eigenvalue weighted by Gasteiger charge is 2.34. The zero-order chi connectivity index (χ0) is 19.5. The van der Waals surface area contributed by atoms with E-state index in [1.54, 1.807) is 28.2 Å². The van der Waals surface area contributed by atoms with Gasteiger partial charge < -0.3 is 10.0 Å². The van der Waals surface area contributed by atoms with Crippen LogP contribution in [0.5, 0.6) is 0 Å². The summed E-state index contributed by atoms with van der Waals surface area (Å²) in [4.78, 5) is 22.7. The number of rotatable bonds is 5. The molecule has 144 valence electrons. The third-order valence-electron chi connectivity index (χ3n) is 5.01. The third-order valence-corrected chi connectivity index (χ3v) is 5.01. The van der Waals surface area contributed by atoms with Crippen LogP contribution in [0.15, 0.2) is 42.9 Å². The highest BCUT2D eigenvalue weighted by Crippen LogP contribution is 2.21. The second-order valence-corrected chi connectivity index (χ2v) is 7.01. The Morgan fingerprint density at radius 1 is 1.21 bits per heavy atom. The number of aromatic nitrogens is 6. The molecule has 0 spiro atoms. The Kier molecular flexibility index (Phi) is 5.07. The largest absolute Gasteiger partial charge is 0.391 e. The van der Waals surface area contributed by atoms with E-state index in [2.05, 4.69) is 25.5 Å². The monoisotopic (exact) mass is 379 g/mol. The maximum atomic E-state index is 12.7. The van der Waals surface area contributed by atoms with Crippen LogP contribution in [0.4, 0.5) is 0 Å². The Bertz CT molecular complexity index is 942. The minimum atomic E-state index is -0.545. The molecule has 1 saturated heterocycles. The van der Waals surface area contributed by atoms with Crippen molar-refractivity contribution in [1.29, 1.82) is 0 Å². The van der Waals surface area contributed by atoms with Crippen LogP contribution in [0.2, 0.25) is 0 Å². The number of benzene rings is 1. The van der Waals surface area contributed by atoms with Gasteiger partial charge in [0.05, 0.1) is 23.9 Å². The first-order valence-corrected chi connectivity index (χ1v) is 9.15. The van der Waals surface area contributed by atoms with Crippen molar-refractivity contribution in [3.63, 3.8) is 0 Å². The fraction of sp³-hybridized carbons (Fsp3) is 0.368. The fourth-order valence-electron chi connectivity index (χ4n) is 3.47. The first-order chi connectivity index (χ1) is 13.6. The van der Waals surface area contributed by atoms with Crippen molar-refractivity contribution in [2.75, 3.05) is 13.1 Å². The maximum absolute atomic E-state index is 12.7. The SMILES string of the molecule is Cc1nnnn1-c1ccc(CC(=O)N2C[C@@H](Cc3cnccn3)[C@H](O)C2)cc1. The van der Waals surface area contributed by atoms with Gasteiger partial charge >= 0.3 is 0 Å². The highest BCUT2D eigenvalue weighted by molar-refractivity contribution is 5.79. The van der Waals surface area contributed by atoms with Crippen LogP contribution in [-0.4, -0.2) is 65.3 Å². The van der Waals surface area contributed by atoms with E-state index in [0.717, 1.165) is 16.9 Å². The molecule has 1 aromatic carbocycles. The molecule has 1 fully saturated rings. The van der Waals surface area contributed by atoms with Gasteiger partial charge in [-0.1, -0.05) is 12.1 Å². The average molecular weight is 379 g/mol. The molecule has 3 heterocycles. The van der Waals surface area contributed by atoms with Crippen molar-refractivity contribution < 1.29 is 9.90 Å². The van der Waals surface area contributed by atoms with Crippen LogP contribution < -0.4 is 0 Å². The maximum Gasteiger partial charge on any atom is 0.227 e. The molecule has 28 heavy (non-hydrogen) atoms.